The molecule has 0 amide bonds. The van der Waals surface area contributed by atoms with Crippen LogP contribution in [0.4, 0.5) is 0 Å². The average Bonchev–Trinajstić information content (AvgIpc) is 2.73. The Hall–Kier alpha value is 0.234. The molecule has 29 heavy (non-hydrogen) atoms. The molecule has 0 spiro atoms. The maximum absolute atomic E-state index is 6.50. The highest BCUT2D eigenvalue weighted by Crippen LogP contribution is 2.30. The highest BCUT2D eigenvalue weighted by molar-refractivity contribution is 6.69. The zero-order chi connectivity index (χ0) is 22.3. The molecule has 0 aromatic rings. The van der Waals surface area contributed by atoms with Crippen LogP contribution < -0.4 is 0 Å². The molecule has 0 bridgehead atoms. The molecule has 176 valence electrons. The van der Waals surface area contributed by atoms with E-state index in [9.17, 15) is 0 Å². The molecule has 0 rings (SSSR count). The van der Waals surface area contributed by atoms with Crippen LogP contribution in [0, 0.1) is 0 Å². The van der Waals surface area contributed by atoms with Gasteiger partial charge in [0.05, 0.1) is 11.3 Å². The third kappa shape index (κ3) is 9.09. The summed E-state index contributed by atoms with van der Waals surface area (Å²) in [6.45, 7) is 24.0. The van der Waals surface area contributed by atoms with Gasteiger partial charge in [0.1, 0.15) is 0 Å². The van der Waals surface area contributed by atoms with Crippen LogP contribution in [0.1, 0.15) is 87.0 Å². The first-order chi connectivity index (χ1) is 13.8. The topological polar surface area (TPSA) is 40.2 Å². The van der Waals surface area contributed by atoms with Crippen molar-refractivity contribution in [1.82, 2.24) is 4.90 Å². The van der Waals surface area contributed by atoms with Gasteiger partial charge in [-0.15, -0.1) is 0 Å². The van der Waals surface area contributed by atoms with Crippen molar-refractivity contribution >= 4 is 17.1 Å². The second-order valence-electron chi connectivity index (χ2n) is 8.10. The zero-order valence-corrected chi connectivity index (χ0v) is 23.0. The smallest absolute Gasteiger partial charge is 0.352 e. The molecule has 0 N–H and O–H groups in total. The first-order valence-electron chi connectivity index (χ1n) is 12.1. The van der Waals surface area contributed by atoms with E-state index in [1.54, 1.807) is 0 Å². The maximum Gasteiger partial charge on any atom is 0.352 e. The lowest BCUT2D eigenvalue weighted by Gasteiger charge is -2.48. The van der Waals surface area contributed by atoms with Gasteiger partial charge < -0.3 is 17.7 Å². The van der Waals surface area contributed by atoms with Crippen molar-refractivity contribution in [2.75, 3.05) is 33.0 Å². The fourth-order valence-corrected chi connectivity index (χ4v) is 11.1. The number of rotatable bonds is 19. The summed E-state index contributed by atoms with van der Waals surface area (Å²) < 4.78 is 26.0. The van der Waals surface area contributed by atoms with Crippen LogP contribution in [0.2, 0.25) is 13.1 Å². The summed E-state index contributed by atoms with van der Waals surface area (Å²) in [6, 6.07) is 0. The molecule has 0 aliphatic rings. The minimum absolute atomic E-state index is 0.290. The molecule has 0 aliphatic heterocycles. The molecule has 0 aliphatic carbocycles. The van der Waals surface area contributed by atoms with Crippen LogP contribution in [0.25, 0.3) is 0 Å². The van der Waals surface area contributed by atoms with E-state index in [0.29, 0.717) is 0 Å². The predicted octanol–water partition coefficient (Wildman–Crippen LogP) is 5.79. The molecule has 0 radical (unpaired) electrons. The van der Waals surface area contributed by atoms with Crippen LogP contribution in [0.15, 0.2) is 0 Å². The summed E-state index contributed by atoms with van der Waals surface area (Å²) in [5, 5.41) is 0. The Labute approximate surface area is 184 Å². The van der Waals surface area contributed by atoms with Gasteiger partial charge in [-0.05, 0) is 58.2 Å². The SMILES string of the molecule is CCCO[Si](C)(OCCC)C(CC)N(CC)C(CC)[Si](C)(OCCC)OCCC. The summed E-state index contributed by atoms with van der Waals surface area (Å²) in [4.78, 5) is 2.62. The third-order valence-electron chi connectivity index (χ3n) is 5.52. The highest BCUT2D eigenvalue weighted by atomic mass is 28.4. The molecule has 0 fully saturated rings. The van der Waals surface area contributed by atoms with Crippen LogP contribution in [-0.2, 0) is 17.7 Å². The maximum atomic E-state index is 6.50. The highest BCUT2D eigenvalue weighted by Gasteiger charge is 2.51. The number of hydrogen-bond acceptors (Lipinski definition) is 5. The Kier molecular flexibility index (Phi) is 16.1. The Bertz CT molecular complexity index is 351. The van der Waals surface area contributed by atoms with Crippen LogP contribution in [0.3, 0.4) is 0 Å². The van der Waals surface area contributed by atoms with E-state index in [1.807, 2.05) is 0 Å². The molecular formula is C22H51NO4Si2. The van der Waals surface area contributed by atoms with Crippen molar-refractivity contribution in [3.05, 3.63) is 0 Å². The fraction of sp³-hybridized carbons (Fsp3) is 1.00. The van der Waals surface area contributed by atoms with Crippen molar-refractivity contribution < 1.29 is 17.7 Å². The van der Waals surface area contributed by atoms with Crippen LogP contribution >= 0.6 is 0 Å². The number of nitrogens with zero attached hydrogens (tertiary/aromatic N) is 1. The molecule has 0 aromatic carbocycles. The van der Waals surface area contributed by atoms with Gasteiger partial charge in [0.25, 0.3) is 0 Å². The fourth-order valence-electron chi connectivity index (χ4n) is 4.16. The molecule has 2 atom stereocenters. The van der Waals surface area contributed by atoms with Crippen molar-refractivity contribution in [2.45, 2.75) is 111 Å². The summed E-state index contributed by atoms with van der Waals surface area (Å²) >= 11 is 0. The summed E-state index contributed by atoms with van der Waals surface area (Å²) in [6.07, 6.45) is 6.11. The lowest BCUT2D eigenvalue weighted by Crippen LogP contribution is -2.67. The molecule has 2 unspecified atom stereocenters. The van der Waals surface area contributed by atoms with E-state index >= 15 is 0 Å². The minimum atomic E-state index is -2.39. The van der Waals surface area contributed by atoms with E-state index in [1.165, 1.54) is 0 Å². The van der Waals surface area contributed by atoms with Crippen LogP contribution in [-0.4, -0.2) is 66.3 Å². The van der Waals surface area contributed by atoms with Gasteiger partial charge in [-0.2, -0.15) is 0 Å². The first kappa shape index (κ1) is 29.2. The summed E-state index contributed by atoms with van der Waals surface area (Å²) in [7, 11) is -4.78. The van der Waals surface area contributed by atoms with Gasteiger partial charge in [-0.1, -0.05) is 48.5 Å². The molecule has 0 saturated heterocycles. The van der Waals surface area contributed by atoms with Gasteiger partial charge in [0, 0.05) is 26.4 Å². The van der Waals surface area contributed by atoms with Gasteiger partial charge in [-0.3, -0.25) is 4.90 Å². The van der Waals surface area contributed by atoms with Gasteiger partial charge in [-0.25, -0.2) is 0 Å². The second-order valence-corrected chi connectivity index (χ2v) is 14.7. The Morgan fingerprint density at radius 1 is 0.552 bits per heavy atom. The zero-order valence-electron chi connectivity index (χ0n) is 21.0. The molecule has 5 nitrogen and oxygen atoms in total. The standard InChI is InChI=1S/C22H51NO4Si2/c1-10-17-24-28(8,25-18-11-2)21(14-5)23(16-7)22(15-6)29(9,26-19-12-3)27-20-13-4/h21-22H,10-20H2,1-9H3. The Balaban J connectivity index is 5.94. The average molecular weight is 450 g/mol. The minimum Gasteiger partial charge on any atom is -0.393 e. The van der Waals surface area contributed by atoms with Gasteiger partial charge >= 0.3 is 17.1 Å². The Morgan fingerprint density at radius 3 is 1.00 bits per heavy atom. The first-order valence-corrected chi connectivity index (χ1v) is 16.9. The Morgan fingerprint density at radius 2 is 0.828 bits per heavy atom. The quantitative estimate of drug-likeness (QED) is 0.233. The second kappa shape index (κ2) is 15.9. The molecular weight excluding hydrogens is 398 g/mol. The number of hydrogen-bond donors (Lipinski definition) is 0. The van der Waals surface area contributed by atoms with E-state index in [0.717, 1.165) is 71.5 Å². The van der Waals surface area contributed by atoms with Crippen LogP contribution in [0.5, 0.6) is 0 Å². The van der Waals surface area contributed by atoms with Crippen molar-refractivity contribution in [3.8, 4) is 0 Å². The largest absolute Gasteiger partial charge is 0.393 e. The van der Waals surface area contributed by atoms with E-state index in [2.05, 4.69) is 66.5 Å². The molecule has 0 aromatic heterocycles. The van der Waals surface area contributed by atoms with E-state index < -0.39 is 17.1 Å². The van der Waals surface area contributed by atoms with Crippen molar-refractivity contribution in [3.63, 3.8) is 0 Å². The molecule has 0 heterocycles. The van der Waals surface area contributed by atoms with Crippen molar-refractivity contribution in [2.24, 2.45) is 0 Å². The lowest BCUT2D eigenvalue weighted by molar-refractivity contribution is 0.0844. The molecule has 0 saturated carbocycles. The predicted molar refractivity (Wildman–Crippen MR) is 129 cm³/mol. The van der Waals surface area contributed by atoms with E-state index in [-0.39, 0.29) is 11.3 Å². The summed E-state index contributed by atoms with van der Waals surface area (Å²) in [5.74, 6) is 0. The van der Waals surface area contributed by atoms with Crippen molar-refractivity contribution in [1.29, 1.82) is 0 Å². The molecule has 7 heteroatoms. The monoisotopic (exact) mass is 449 g/mol. The summed E-state index contributed by atoms with van der Waals surface area (Å²) in [5.41, 5.74) is 0.579. The van der Waals surface area contributed by atoms with Gasteiger partial charge in [0.15, 0.2) is 0 Å². The normalized spacial score (nSPS) is 15.1. The van der Waals surface area contributed by atoms with Gasteiger partial charge in [0.2, 0.25) is 0 Å². The lowest BCUT2D eigenvalue weighted by atomic mass is 10.3. The third-order valence-corrected chi connectivity index (χ3v) is 12.5. The van der Waals surface area contributed by atoms with E-state index in [4.69, 9.17) is 17.7 Å².